The van der Waals surface area contributed by atoms with Crippen molar-refractivity contribution in [3.63, 3.8) is 0 Å². The summed E-state index contributed by atoms with van der Waals surface area (Å²) in [7, 11) is 1.26. The summed E-state index contributed by atoms with van der Waals surface area (Å²) in [5.74, 6) is -1.22. The van der Waals surface area contributed by atoms with Crippen molar-refractivity contribution in [1.29, 1.82) is 0 Å². The number of nitrogens with zero attached hydrogens (tertiary/aromatic N) is 2. The third kappa shape index (κ3) is 3.28. The third-order valence-electron chi connectivity index (χ3n) is 5.40. The molecule has 0 saturated heterocycles. The molecule has 2 aromatic heterocycles. The van der Waals surface area contributed by atoms with Gasteiger partial charge in [-0.1, -0.05) is 35.1 Å². The first-order valence-corrected chi connectivity index (χ1v) is 10.9. The molecule has 1 N–H and O–H groups in total. The van der Waals surface area contributed by atoms with E-state index in [1.54, 1.807) is 25.1 Å². The van der Waals surface area contributed by atoms with E-state index in [-0.39, 0.29) is 38.1 Å². The number of thiazole rings is 1. The molecule has 0 spiro atoms. The molecule has 0 bridgehead atoms. The van der Waals surface area contributed by atoms with Gasteiger partial charge in [-0.25, -0.2) is 9.78 Å². The lowest BCUT2D eigenvalue weighted by Gasteiger charge is -2.22. The molecule has 166 valence electrons. The fourth-order valence-corrected chi connectivity index (χ4v) is 5.07. The lowest BCUT2D eigenvalue weighted by Crippen LogP contribution is -2.29. The number of aromatic hydroxyl groups is 1. The van der Waals surface area contributed by atoms with Crippen LogP contribution in [0.5, 0.6) is 5.75 Å². The Morgan fingerprint density at radius 2 is 1.94 bits per heavy atom. The van der Waals surface area contributed by atoms with E-state index in [1.165, 1.54) is 36.3 Å². The van der Waals surface area contributed by atoms with E-state index in [0.717, 1.165) is 11.3 Å². The number of phenolic OH excluding ortho intramolecular Hbond substituents is 1. The largest absolute Gasteiger partial charge is 0.508 e. The molecule has 1 atom stereocenters. The lowest BCUT2D eigenvalue weighted by molar-refractivity contribution is 0.0605. The van der Waals surface area contributed by atoms with Crippen LogP contribution in [0, 0.1) is 6.92 Å². The molecule has 10 heteroatoms. The normalized spacial score (nSPS) is 15.2. The summed E-state index contributed by atoms with van der Waals surface area (Å²) >= 11 is 7.07. The van der Waals surface area contributed by atoms with Crippen LogP contribution in [0.2, 0.25) is 5.02 Å². The van der Waals surface area contributed by atoms with Crippen molar-refractivity contribution in [1.82, 2.24) is 4.98 Å². The van der Waals surface area contributed by atoms with Crippen LogP contribution in [0.1, 0.15) is 43.1 Å². The molecular formula is C23H15ClN2O6S. The quantitative estimate of drug-likeness (QED) is 0.429. The Morgan fingerprint density at radius 1 is 1.21 bits per heavy atom. The number of aryl methyl sites for hydroxylation is 1. The monoisotopic (exact) mass is 482 g/mol. The van der Waals surface area contributed by atoms with Crippen LogP contribution in [0.25, 0.3) is 11.0 Å². The Hall–Kier alpha value is -3.69. The predicted octanol–water partition coefficient (Wildman–Crippen LogP) is 4.45. The van der Waals surface area contributed by atoms with Gasteiger partial charge >= 0.3 is 5.97 Å². The number of esters is 1. The first-order valence-electron chi connectivity index (χ1n) is 9.74. The number of carbonyl (C=O) groups excluding carboxylic acids is 2. The van der Waals surface area contributed by atoms with Crippen molar-refractivity contribution >= 4 is 50.9 Å². The van der Waals surface area contributed by atoms with E-state index in [2.05, 4.69) is 4.98 Å². The maximum atomic E-state index is 13.5. The second kappa shape index (κ2) is 7.72. The van der Waals surface area contributed by atoms with Crippen LogP contribution < -0.4 is 10.3 Å². The van der Waals surface area contributed by atoms with E-state index in [0.29, 0.717) is 16.3 Å². The molecule has 33 heavy (non-hydrogen) atoms. The highest BCUT2D eigenvalue weighted by Crippen LogP contribution is 2.43. The molecule has 3 heterocycles. The molecule has 1 unspecified atom stereocenters. The van der Waals surface area contributed by atoms with Crippen LogP contribution in [0.4, 0.5) is 5.13 Å². The summed E-state index contributed by atoms with van der Waals surface area (Å²) in [5, 5.41) is 10.6. The lowest BCUT2D eigenvalue weighted by atomic mass is 9.98. The number of halogens is 1. The minimum absolute atomic E-state index is 0.0326. The Morgan fingerprint density at radius 3 is 2.64 bits per heavy atom. The average Bonchev–Trinajstić information content (AvgIpc) is 3.32. The Labute approximate surface area is 195 Å². The minimum atomic E-state index is -0.885. The highest BCUT2D eigenvalue weighted by Gasteiger charge is 2.45. The van der Waals surface area contributed by atoms with Gasteiger partial charge in [0.25, 0.3) is 5.91 Å². The number of methoxy groups -OCH3 is 1. The molecule has 0 saturated carbocycles. The Bertz CT molecular complexity index is 1510. The van der Waals surface area contributed by atoms with Gasteiger partial charge in [-0.15, -0.1) is 0 Å². The molecule has 1 aliphatic rings. The maximum Gasteiger partial charge on any atom is 0.350 e. The molecule has 4 aromatic rings. The number of aromatic nitrogens is 1. The zero-order valence-corrected chi connectivity index (χ0v) is 18.9. The van der Waals surface area contributed by atoms with Crippen LogP contribution in [-0.4, -0.2) is 29.1 Å². The third-order valence-corrected chi connectivity index (χ3v) is 6.78. The SMILES string of the molecule is COC(=O)c1sc(N2C(=O)c3oc4ccc(Cl)cc4c(=O)c3C2c2ccc(O)cc2)nc1C. The molecule has 0 fully saturated rings. The van der Waals surface area contributed by atoms with E-state index in [4.69, 9.17) is 20.8 Å². The Kier molecular flexibility index (Phi) is 4.95. The smallest absolute Gasteiger partial charge is 0.350 e. The van der Waals surface area contributed by atoms with Gasteiger partial charge in [0.2, 0.25) is 5.76 Å². The summed E-state index contributed by atoms with van der Waals surface area (Å²) in [5.41, 5.74) is 0.915. The molecular weight excluding hydrogens is 468 g/mol. The molecule has 5 rings (SSSR count). The van der Waals surface area contributed by atoms with E-state index < -0.39 is 23.3 Å². The average molecular weight is 483 g/mol. The van der Waals surface area contributed by atoms with Crippen molar-refractivity contribution in [2.75, 3.05) is 12.0 Å². The number of fused-ring (bicyclic) bond motifs is 2. The number of ether oxygens (including phenoxy) is 1. The topological polar surface area (TPSA) is 110 Å². The summed E-state index contributed by atoms with van der Waals surface area (Å²) in [6, 6.07) is 9.85. The number of rotatable bonds is 3. The predicted molar refractivity (Wildman–Crippen MR) is 122 cm³/mol. The maximum absolute atomic E-state index is 13.5. The molecule has 0 radical (unpaired) electrons. The van der Waals surface area contributed by atoms with Crippen molar-refractivity contribution < 1.29 is 23.8 Å². The zero-order valence-electron chi connectivity index (χ0n) is 17.3. The number of amides is 1. The van der Waals surface area contributed by atoms with Gasteiger partial charge in [-0.2, -0.15) is 0 Å². The van der Waals surface area contributed by atoms with Crippen LogP contribution in [0.15, 0.2) is 51.7 Å². The molecule has 1 aliphatic heterocycles. The number of phenols is 1. The van der Waals surface area contributed by atoms with Crippen LogP contribution in [0.3, 0.4) is 0 Å². The van der Waals surface area contributed by atoms with Gasteiger partial charge < -0.3 is 14.3 Å². The van der Waals surface area contributed by atoms with Crippen LogP contribution in [-0.2, 0) is 4.74 Å². The summed E-state index contributed by atoms with van der Waals surface area (Å²) in [4.78, 5) is 45.2. The zero-order chi connectivity index (χ0) is 23.4. The Balaban J connectivity index is 1.78. The van der Waals surface area contributed by atoms with Crippen LogP contribution >= 0.6 is 22.9 Å². The molecule has 8 nitrogen and oxygen atoms in total. The minimum Gasteiger partial charge on any atom is -0.508 e. The fourth-order valence-electron chi connectivity index (χ4n) is 3.88. The second-order valence-electron chi connectivity index (χ2n) is 7.39. The van der Waals surface area contributed by atoms with Gasteiger partial charge in [-0.05, 0) is 42.8 Å². The number of benzene rings is 2. The number of hydrogen-bond donors (Lipinski definition) is 1. The van der Waals surface area contributed by atoms with E-state index in [9.17, 15) is 19.5 Å². The van der Waals surface area contributed by atoms with Crippen molar-refractivity contribution in [2.24, 2.45) is 0 Å². The number of carbonyl (C=O) groups is 2. The molecule has 2 aromatic carbocycles. The van der Waals surface area contributed by atoms with E-state index >= 15 is 0 Å². The van der Waals surface area contributed by atoms with Crippen molar-refractivity contribution in [3.8, 4) is 5.75 Å². The highest BCUT2D eigenvalue weighted by atomic mass is 35.5. The molecule has 0 aliphatic carbocycles. The summed E-state index contributed by atoms with van der Waals surface area (Å²) in [6.07, 6.45) is 0. The van der Waals surface area contributed by atoms with E-state index in [1.807, 2.05) is 0 Å². The van der Waals surface area contributed by atoms with Gasteiger partial charge in [0.15, 0.2) is 10.6 Å². The van der Waals surface area contributed by atoms with Gasteiger partial charge in [-0.3, -0.25) is 14.5 Å². The molecule has 1 amide bonds. The number of hydrogen-bond acceptors (Lipinski definition) is 8. The van der Waals surface area contributed by atoms with Gasteiger partial charge in [0, 0.05) is 5.02 Å². The van der Waals surface area contributed by atoms with Crippen molar-refractivity contribution in [2.45, 2.75) is 13.0 Å². The first-order chi connectivity index (χ1) is 15.8. The highest BCUT2D eigenvalue weighted by molar-refractivity contribution is 7.17. The van der Waals surface area contributed by atoms with Gasteiger partial charge in [0.05, 0.1) is 29.8 Å². The van der Waals surface area contributed by atoms with Gasteiger partial charge in [0.1, 0.15) is 16.2 Å². The summed E-state index contributed by atoms with van der Waals surface area (Å²) < 4.78 is 10.7. The van der Waals surface area contributed by atoms with Crippen molar-refractivity contribution in [3.05, 3.63) is 85.2 Å². The standard InChI is InChI=1S/C23H15ClN2O6S/c1-10-20(22(30)31-2)33-23(25-10)26-17(11-3-6-13(27)7-4-11)16-18(28)14-9-12(24)5-8-15(14)32-19(16)21(26)29/h3-9,17,27H,1-2H3. The number of anilines is 1. The first kappa shape index (κ1) is 21.2. The fraction of sp³-hybridized carbons (Fsp3) is 0.130. The second-order valence-corrected chi connectivity index (χ2v) is 8.80. The summed E-state index contributed by atoms with van der Waals surface area (Å²) in [6.45, 7) is 1.63.